The van der Waals surface area contributed by atoms with E-state index in [1.807, 2.05) is 62.4 Å². The molecule has 5 nitrogen and oxygen atoms in total. The molecule has 1 aliphatic heterocycles. The van der Waals surface area contributed by atoms with Crippen molar-refractivity contribution in [3.05, 3.63) is 65.2 Å². The highest BCUT2D eigenvalue weighted by Gasteiger charge is 2.38. The van der Waals surface area contributed by atoms with Crippen LogP contribution in [0.5, 0.6) is 5.75 Å². The molecule has 2 atom stereocenters. The van der Waals surface area contributed by atoms with Crippen molar-refractivity contribution >= 4 is 11.8 Å². The van der Waals surface area contributed by atoms with Gasteiger partial charge in [-0.3, -0.25) is 9.59 Å². The van der Waals surface area contributed by atoms with Gasteiger partial charge in [0.05, 0.1) is 7.11 Å². The smallest absolute Gasteiger partial charge is 0.255 e. The molecule has 0 radical (unpaired) electrons. The van der Waals surface area contributed by atoms with Crippen molar-refractivity contribution in [1.29, 1.82) is 0 Å². The minimum absolute atomic E-state index is 0.0597. The molecule has 0 aromatic heterocycles. The van der Waals surface area contributed by atoms with Crippen LogP contribution in [0.4, 0.5) is 0 Å². The first kappa shape index (κ1) is 19.0. The molecule has 0 bridgehead atoms. The molecule has 1 aliphatic rings. The molecule has 1 heterocycles. The first-order valence-corrected chi connectivity index (χ1v) is 9.34. The van der Waals surface area contributed by atoms with Gasteiger partial charge < -0.3 is 15.0 Å². The predicted octanol–water partition coefficient (Wildman–Crippen LogP) is 3.38. The van der Waals surface area contributed by atoms with E-state index < -0.39 is 6.04 Å². The van der Waals surface area contributed by atoms with Gasteiger partial charge in [-0.05, 0) is 35.2 Å². The molecule has 142 valence electrons. The van der Waals surface area contributed by atoms with Gasteiger partial charge in [-0.15, -0.1) is 0 Å². The number of nitrogens with one attached hydrogen (secondary N) is 1. The second-order valence-corrected chi connectivity index (χ2v) is 6.99. The van der Waals surface area contributed by atoms with E-state index in [4.69, 9.17) is 4.74 Å². The Balaban J connectivity index is 1.73. The van der Waals surface area contributed by atoms with Gasteiger partial charge in [0.1, 0.15) is 11.8 Å². The summed E-state index contributed by atoms with van der Waals surface area (Å²) in [6.45, 7) is 4.97. The summed E-state index contributed by atoms with van der Waals surface area (Å²) in [4.78, 5) is 27.5. The lowest BCUT2D eigenvalue weighted by Crippen LogP contribution is -2.50. The van der Waals surface area contributed by atoms with Crippen molar-refractivity contribution < 1.29 is 14.3 Å². The summed E-state index contributed by atoms with van der Waals surface area (Å²) in [5.74, 6) is 0.680. The van der Waals surface area contributed by atoms with Crippen molar-refractivity contribution in [2.75, 3.05) is 7.11 Å². The Labute approximate surface area is 160 Å². The number of ether oxygens (including phenoxy) is 1. The highest BCUT2D eigenvalue weighted by Crippen LogP contribution is 2.28. The molecular weight excluding hydrogens is 340 g/mol. The van der Waals surface area contributed by atoms with E-state index in [2.05, 4.69) is 5.32 Å². The topological polar surface area (TPSA) is 58.6 Å². The average molecular weight is 366 g/mol. The monoisotopic (exact) mass is 366 g/mol. The molecule has 2 aromatic carbocycles. The van der Waals surface area contributed by atoms with Crippen LogP contribution in [0.3, 0.4) is 0 Å². The first-order chi connectivity index (χ1) is 13.0. The molecule has 5 heteroatoms. The van der Waals surface area contributed by atoms with Crippen LogP contribution in [0.15, 0.2) is 48.5 Å². The number of rotatable bonds is 7. The van der Waals surface area contributed by atoms with Crippen LogP contribution >= 0.6 is 0 Å². The Morgan fingerprint density at radius 2 is 1.89 bits per heavy atom. The van der Waals surface area contributed by atoms with Gasteiger partial charge in [0, 0.05) is 18.7 Å². The Hall–Kier alpha value is -2.82. The maximum Gasteiger partial charge on any atom is 0.255 e. The molecule has 0 spiro atoms. The van der Waals surface area contributed by atoms with E-state index in [-0.39, 0.29) is 17.7 Å². The number of nitrogens with zero attached hydrogens (tertiary/aromatic N) is 1. The second-order valence-electron chi connectivity index (χ2n) is 6.99. The van der Waals surface area contributed by atoms with Crippen LogP contribution in [-0.2, 0) is 17.9 Å². The Morgan fingerprint density at radius 1 is 1.19 bits per heavy atom. The first-order valence-electron chi connectivity index (χ1n) is 9.34. The minimum atomic E-state index is -0.479. The Kier molecular flexibility index (Phi) is 5.79. The lowest BCUT2D eigenvalue weighted by Gasteiger charge is -2.31. The third kappa shape index (κ3) is 3.97. The van der Waals surface area contributed by atoms with Crippen LogP contribution in [0.25, 0.3) is 0 Å². The van der Waals surface area contributed by atoms with Crippen molar-refractivity contribution in [2.45, 2.75) is 39.4 Å². The largest absolute Gasteiger partial charge is 0.497 e. The number of carbonyl (C=O) groups excluding carboxylic acids is 2. The summed E-state index contributed by atoms with van der Waals surface area (Å²) >= 11 is 0. The summed E-state index contributed by atoms with van der Waals surface area (Å²) in [6.07, 6.45) is 0.820. The molecule has 1 N–H and O–H groups in total. The Bertz CT molecular complexity index is 817. The molecule has 0 aliphatic carbocycles. The van der Waals surface area contributed by atoms with Crippen molar-refractivity contribution in [3.63, 3.8) is 0 Å². The third-order valence-electron chi connectivity index (χ3n) is 5.26. The zero-order valence-electron chi connectivity index (χ0n) is 16.1. The van der Waals surface area contributed by atoms with E-state index >= 15 is 0 Å². The number of methoxy groups -OCH3 is 1. The van der Waals surface area contributed by atoms with Gasteiger partial charge in [-0.25, -0.2) is 0 Å². The highest BCUT2D eigenvalue weighted by atomic mass is 16.5. The quantitative estimate of drug-likeness (QED) is 0.817. The van der Waals surface area contributed by atoms with Gasteiger partial charge >= 0.3 is 0 Å². The fourth-order valence-corrected chi connectivity index (χ4v) is 3.47. The third-order valence-corrected chi connectivity index (χ3v) is 5.26. The number of fused-ring (bicyclic) bond motifs is 1. The van der Waals surface area contributed by atoms with E-state index in [0.29, 0.717) is 18.7 Å². The molecule has 0 saturated heterocycles. The molecule has 3 rings (SSSR count). The van der Waals surface area contributed by atoms with Crippen LogP contribution in [0, 0.1) is 5.92 Å². The number of hydrogen-bond donors (Lipinski definition) is 1. The van der Waals surface area contributed by atoms with Gasteiger partial charge in [0.25, 0.3) is 5.91 Å². The lowest BCUT2D eigenvalue weighted by molar-refractivity contribution is -0.127. The van der Waals surface area contributed by atoms with Crippen molar-refractivity contribution in [1.82, 2.24) is 10.2 Å². The summed E-state index contributed by atoms with van der Waals surface area (Å²) in [5, 5.41) is 3.00. The van der Waals surface area contributed by atoms with E-state index in [9.17, 15) is 9.59 Å². The zero-order chi connectivity index (χ0) is 19.4. The number of benzene rings is 2. The lowest BCUT2D eigenvalue weighted by atomic mass is 9.96. The molecular formula is C22H26N2O3. The minimum Gasteiger partial charge on any atom is -0.497 e. The van der Waals surface area contributed by atoms with Gasteiger partial charge in [-0.1, -0.05) is 50.6 Å². The summed E-state index contributed by atoms with van der Waals surface area (Å²) in [5.41, 5.74) is 2.68. The Morgan fingerprint density at radius 3 is 2.52 bits per heavy atom. The van der Waals surface area contributed by atoms with Crippen LogP contribution in [0.1, 0.15) is 41.8 Å². The average Bonchev–Trinajstić information content (AvgIpc) is 3.03. The van der Waals surface area contributed by atoms with Crippen molar-refractivity contribution in [3.8, 4) is 5.75 Å². The maximum atomic E-state index is 13.0. The van der Waals surface area contributed by atoms with Gasteiger partial charge in [0.15, 0.2) is 0 Å². The van der Waals surface area contributed by atoms with E-state index in [0.717, 1.165) is 23.3 Å². The summed E-state index contributed by atoms with van der Waals surface area (Å²) < 4.78 is 5.16. The molecule has 2 aromatic rings. The molecule has 2 amide bonds. The molecule has 0 saturated carbocycles. The van der Waals surface area contributed by atoms with Gasteiger partial charge in [-0.2, -0.15) is 0 Å². The fourth-order valence-electron chi connectivity index (χ4n) is 3.47. The second kappa shape index (κ2) is 8.25. The predicted molar refractivity (Wildman–Crippen MR) is 104 cm³/mol. The standard InChI is InChI=1S/C22H26N2O3/c1-4-15(2)20(24-14-17-7-5-6-8-19(17)22(24)26)21(25)23-13-16-9-11-18(27-3)12-10-16/h5-12,15,20H,4,13-14H2,1-3H3,(H,23,25)/t15?,20-/m0/s1. The van der Waals surface area contributed by atoms with Gasteiger partial charge in [0.2, 0.25) is 5.91 Å². The fraction of sp³-hybridized carbons (Fsp3) is 0.364. The zero-order valence-corrected chi connectivity index (χ0v) is 16.1. The van der Waals surface area contributed by atoms with Crippen LogP contribution in [-0.4, -0.2) is 29.9 Å². The molecule has 27 heavy (non-hydrogen) atoms. The summed E-state index contributed by atoms with van der Waals surface area (Å²) in [7, 11) is 1.62. The SMILES string of the molecule is CCC(C)[C@@H](C(=O)NCc1ccc(OC)cc1)N1Cc2ccccc2C1=O. The number of amides is 2. The van der Waals surface area contributed by atoms with Crippen LogP contribution < -0.4 is 10.1 Å². The number of carbonyl (C=O) groups is 2. The normalized spacial score (nSPS) is 15.2. The van der Waals surface area contributed by atoms with Crippen molar-refractivity contribution in [2.24, 2.45) is 5.92 Å². The van der Waals surface area contributed by atoms with E-state index in [1.165, 1.54) is 0 Å². The maximum absolute atomic E-state index is 13.0. The highest BCUT2D eigenvalue weighted by molar-refractivity contribution is 6.01. The molecule has 1 unspecified atom stereocenters. The molecule has 0 fully saturated rings. The number of hydrogen-bond acceptors (Lipinski definition) is 3. The van der Waals surface area contributed by atoms with Crippen LogP contribution in [0.2, 0.25) is 0 Å². The van der Waals surface area contributed by atoms with E-state index in [1.54, 1.807) is 12.0 Å². The summed E-state index contributed by atoms with van der Waals surface area (Å²) in [6, 6.07) is 14.7.